The quantitative estimate of drug-likeness (QED) is 0.864. The summed E-state index contributed by atoms with van der Waals surface area (Å²) in [4.78, 5) is 15.0. The first-order valence-electron chi connectivity index (χ1n) is 6.47. The summed E-state index contributed by atoms with van der Waals surface area (Å²) >= 11 is 1.41. The van der Waals surface area contributed by atoms with Crippen molar-refractivity contribution in [3.05, 3.63) is 45.6 Å². The number of benzene rings is 1. The van der Waals surface area contributed by atoms with Gasteiger partial charge in [0, 0.05) is 30.2 Å². The number of carbonyl (C=O) groups is 1. The van der Waals surface area contributed by atoms with Crippen molar-refractivity contribution in [2.45, 2.75) is 13.0 Å². The number of amides is 1. The molecule has 2 aromatic rings. The molecule has 1 aromatic carbocycles. The van der Waals surface area contributed by atoms with Gasteiger partial charge >= 0.3 is 0 Å². The van der Waals surface area contributed by atoms with Gasteiger partial charge in [0.25, 0.3) is 5.91 Å². The lowest BCUT2D eigenvalue weighted by Gasteiger charge is -2.29. The lowest BCUT2D eigenvalue weighted by Crippen LogP contribution is -2.35. The van der Waals surface area contributed by atoms with Gasteiger partial charge in [-0.3, -0.25) is 4.79 Å². The summed E-state index contributed by atoms with van der Waals surface area (Å²) in [6.45, 7) is 1.32. The van der Waals surface area contributed by atoms with Crippen molar-refractivity contribution in [2.75, 3.05) is 19.4 Å². The number of anilines is 1. The van der Waals surface area contributed by atoms with Crippen molar-refractivity contribution in [3.63, 3.8) is 0 Å². The summed E-state index contributed by atoms with van der Waals surface area (Å²) in [5.74, 6) is 0.780. The number of thiophene rings is 1. The molecule has 0 bridgehead atoms. The SMILES string of the molecule is COc1csc(C(=O)N2CCc3cccc(N)c3C2)c1. The summed E-state index contributed by atoms with van der Waals surface area (Å²) in [5, 5.41) is 1.85. The van der Waals surface area contributed by atoms with Crippen LogP contribution in [0.15, 0.2) is 29.6 Å². The Balaban J connectivity index is 1.83. The van der Waals surface area contributed by atoms with E-state index in [-0.39, 0.29) is 5.91 Å². The first kappa shape index (κ1) is 13.0. The van der Waals surface area contributed by atoms with E-state index < -0.39 is 0 Å². The second-order valence-electron chi connectivity index (χ2n) is 4.81. The Morgan fingerprint density at radius 2 is 2.30 bits per heavy atom. The highest BCUT2D eigenvalue weighted by Crippen LogP contribution is 2.28. The van der Waals surface area contributed by atoms with Crippen LogP contribution in [-0.4, -0.2) is 24.5 Å². The second kappa shape index (κ2) is 5.17. The van der Waals surface area contributed by atoms with Crippen LogP contribution in [0.4, 0.5) is 5.69 Å². The maximum atomic E-state index is 12.5. The molecule has 3 rings (SSSR count). The molecule has 0 saturated heterocycles. The molecule has 4 nitrogen and oxygen atoms in total. The van der Waals surface area contributed by atoms with Crippen LogP contribution in [0.1, 0.15) is 20.8 Å². The molecule has 0 aliphatic carbocycles. The molecule has 0 spiro atoms. The molecule has 0 unspecified atom stereocenters. The highest BCUT2D eigenvalue weighted by Gasteiger charge is 2.24. The maximum absolute atomic E-state index is 12.5. The normalized spacial score (nSPS) is 13.9. The van der Waals surface area contributed by atoms with E-state index in [1.165, 1.54) is 16.9 Å². The Kier molecular flexibility index (Phi) is 3.36. The van der Waals surface area contributed by atoms with Crippen LogP contribution in [0.5, 0.6) is 5.75 Å². The smallest absolute Gasteiger partial charge is 0.264 e. The molecule has 1 amide bonds. The fourth-order valence-electron chi connectivity index (χ4n) is 2.47. The number of ether oxygens (including phenoxy) is 1. The molecular weight excluding hydrogens is 272 g/mol. The van der Waals surface area contributed by atoms with Gasteiger partial charge in [-0.1, -0.05) is 12.1 Å². The summed E-state index contributed by atoms with van der Waals surface area (Å²) in [7, 11) is 1.61. The molecular formula is C15H16N2O2S. The van der Waals surface area contributed by atoms with Gasteiger partial charge < -0.3 is 15.4 Å². The summed E-state index contributed by atoms with van der Waals surface area (Å²) in [6, 6.07) is 7.73. The maximum Gasteiger partial charge on any atom is 0.264 e. The molecule has 1 aliphatic heterocycles. The topological polar surface area (TPSA) is 55.6 Å². The van der Waals surface area contributed by atoms with Gasteiger partial charge in [0.15, 0.2) is 0 Å². The number of methoxy groups -OCH3 is 1. The highest BCUT2D eigenvalue weighted by molar-refractivity contribution is 7.12. The van der Waals surface area contributed by atoms with Crippen LogP contribution in [0, 0.1) is 0 Å². The predicted molar refractivity (Wildman–Crippen MR) is 80.2 cm³/mol. The number of hydrogen-bond acceptors (Lipinski definition) is 4. The van der Waals surface area contributed by atoms with Crippen molar-refractivity contribution in [1.29, 1.82) is 0 Å². The number of nitrogens with two attached hydrogens (primary N) is 1. The summed E-state index contributed by atoms with van der Waals surface area (Å²) < 4.78 is 5.13. The Bertz CT molecular complexity index is 651. The van der Waals surface area contributed by atoms with Crippen LogP contribution in [0.25, 0.3) is 0 Å². The zero-order chi connectivity index (χ0) is 14.1. The van der Waals surface area contributed by atoms with Crippen LogP contribution in [0.2, 0.25) is 0 Å². The fraction of sp³-hybridized carbons (Fsp3) is 0.267. The Labute approximate surface area is 121 Å². The number of carbonyl (C=O) groups excluding carboxylic acids is 1. The number of nitrogen functional groups attached to an aromatic ring is 1. The molecule has 0 fully saturated rings. The fourth-order valence-corrected chi connectivity index (χ4v) is 3.30. The van der Waals surface area contributed by atoms with Gasteiger partial charge in [0.2, 0.25) is 0 Å². The van der Waals surface area contributed by atoms with E-state index in [4.69, 9.17) is 10.5 Å². The predicted octanol–water partition coefficient (Wildman–Crippen LogP) is 2.54. The van der Waals surface area contributed by atoms with E-state index in [9.17, 15) is 4.79 Å². The second-order valence-corrected chi connectivity index (χ2v) is 5.72. The zero-order valence-corrected chi connectivity index (χ0v) is 12.1. The van der Waals surface area contributed by atoms with Crippen molar-refractivity contribution in [2.24, 2.45) is 0 Å². The third kappa shape index (κ3) is 2.25. The Morgan fingerprint density at radius 3 is 3.05 bits per heavy atom. The van der Waals surface area contributed by atoms with E-state index in [1.807, 2.05) is 22.4 Å². The largest absolute Gasteiger partial charge is 0.496 e. The molecule has 1 aromatic heterocycles. The van der Waals surface area contributed by atoms with Gasteiger partial charge in [-0.25, -0.2) is 0 Å². The number of nitrogens with zero attached hydrogens (tertiary/aromatic N) is 1. The average molecular weight is 288 g/mol. The number of hydrogen-bond donors (Lipinski definition) is 1. The highest BCUT2D eigenvalue weighted by atomic mass is 32.1. The lowest BCUT2D eigenvalue weighted by atomic mass is 9.98. The molecule has 0 radical (unpaired) electrons. The molecule has 2 N–H and O–H groups in total. The van der Waals surface area contributed by atoms with Gasteiger partial charge in [-0.15, -0.1) is 11.3 Å². The standard InChI is InChI=1S/C15H16N2O2S/c1-19-11-7-14(20-9-11)15(18)17-6-5-10-3-2-4-13(16)12(10)8-17/h2-4,7,9H,5-6,8,16H2,1H3. The summed E-state index contributed by atoms with van der Waals surface area (Å²) in [5.41, 5.74) is 9.11. The van der Waals surface area contributed by atoms with Gasteiger partial charge in [0.05, 0.1) is 12.0 Å². The Morgan fingerprint density at radius 1 is 1.45 bits per heavy atom. The van der Waals surface area contributed by atoms with Gasteiger partial charge in [-0.2, -0.15) is 0 Å². The molecule has 0 atom stereocenters. The van der Waals surface area contributed by atoms with Crippen LogP contribution >= 0.6 is 11.3 Å². The molecule has 2 heterocycles. The number of fused-ring (bicyclic) bond motifs is 1. The lowest BCUT2D eigenvalue weighted by molar-refractivity contribution is 0.0740. The third-order valence-electron chi connectivity index (χ3n) is 3.62. The van der Waals surface area contributed by atoms with E-state index in [2.05, 4.69) is 6.07 Å². The Hall–Kier alpha value is -2.01. The van der Waals surface area contributed by atoms with Crippen molar-refractivity contribution in [3.8, 4) is 5.75 Å². The molecule has 104 valence electrons. The monoisotopic (exact) mass is 288 g/mol. The van der Waals surface area contributed by atoms with E-state index in [0.717, 1.165) is 30.0 Å². The molecule has 1 aliphatic rings. The van der Waals surface area contributed by atoms with Crippen molar-refractivity contribution < 1.29 is 9.53 Å². The van der Waals surface area contributed by atoms with Gasteiger partial charge in [-0.05, 0) is 23.6 Å². The van der Waals surface area contributed by atoms with Crippen molar-refractivity contribution >= 4 is 22.9 Å². The van der Waals surface area contributed by atoms with E-state index in [0.29, 0.717) is 11.4 Å². The molecule has 0 saturated carbocycles. The van der Waals surface area contributed by atoms with E-state index in [1.54, 1.807) is 13.2 Å². The first-order chi connectivity index (χ1) is 9.69. The van der Waals surface area contributed by atoms with Crippen LogP contribution in [-0.2, 0) is 13.0 Å². The zero-order valence-electron chi connectivity index (χ0n) is 11.3. The third-order valence-corrected chi connectivity index (χ3v) is 4.51. The van der Waals surface area contributed by atoms with Gasteiger partial charge in [0.1, 0.15) is 5.75 Å². The minimum atomic E-state index is 0.0483. The van der Waals surface area contributed by atoms with Crippen molar-refractivity contribution in [1.82, 2.24) is 4.90 Å². The van der Waals surface area contributed by atoms with Crippen LogP contribution in [0.3, 0.4) is 0 Å². The minimum absolute atomic E-state index is 0.0483. The average Bonchev–Trinajstić information content (AvgIpc) is 2.95. The molecule has 20 heavy (non-hydrogen) atoms. The van der Waals surface area contributed by atoms with E-state index >= 15 is 0 Å². The molecule has 5 heteroatoms. The van der Waals surface area contributed by atoms with Crippen LogP contribution < -0.4 is 10.5 Å². The summed E-state index contributed by atoms with van der Waals surface area (Å²) in [6.07, 6.45) is 0.856. The number of rotatable bonds is 2. The first-order valence-corrected chi connectivity index (χ1v) is 7.35. The minimum Gasteiger partial charge on any atom is -0.496 e.